The summed E-state index contributed by atoms with van der Waals surface area (Å²) in [7, 11) is 20.6. The van der Waals surface area contributed by atoms with Crippen LogP contribution in [0, 0.1) is 0 Å². The summed E-state index contributed by atoms with van der Waals surface area (Å²) < 4.78 is 0. The van der Waals surface area contributed by atoms with Crippen LogP contribution in [0.25, 0.3) is 5.57 Å². The molecule has 0 heterocycles. The molecule has 0 aromatic heterocycles. The van der Waals surface area contributed by atoms with Crippen LogP contribution in [0.2, 0.25) is 5.82 Å². The maximum atomic E-state index is 3.89. The van der Waals surface area contributed by atoms with Gasteiger partial charge in [-0.3, -0.25) is 0 Å². The van der Waals surface area contributed by atoms with Crippen molar-refractivity contribution in [2.75, 3.05) is 0 Å². The van der Waals surface area contributed by atoms with Crippen LogP contribution in [0.1, 0.15) is 5.56 Å². The van der Waals surface area contributed by atoms with E-state index in [1.807, 2.05) is 0 Å². The summed E-state index contributed by atoms with van der Waals surface area (Å²) in [6.45, 7) is 0. The highest BCUT2D eigenvalue weighted by Crippen LogP contribution is 2.40. The van der Waals surface area contributed by atoms with E-state index in [9.17, 15) is 0 Å². The molecule has 1 aliphatic rings. The number of benzene rings is 1. The van der Waals surface area contributed by atoms with E-state index in [0.717, 1.165) is 0 Å². The van der Waals surface area contributed by atoms with Gasteiger partial charge >= 0.3 is 0 Å². The van der Waals surface area contributed by atoms with Crippen LogP contribution in [0.5, 0.6) is 0 Å². The molecular weight excluding hydrogens is 321 g/mol. The number of allylic oxidation sites excluding steroid dienone is 4. The zero-order chi connectivity index (χ0) is 16.9. The summed E-state index contributed by atoms with van der Waals surface area (Å²) in [5, 5.41) is 0. The highest BCUT2D eigenvalue weighted by atomic mass is 79.9. The fourth-order valence-corrected chi connectivity index (χ4v) is 4.52. The average Bonchev–Trinajstić information content (AvgIpc) is 2.50. The van der Waals surface area contributed by atoms with Crippen molar-refractivity contribution in [2.24, 2.45) is 0 Å². The van der Waals surface area contributed by atoms with Crippen LogP contribution in [0.3, 0.4) is 0 Å². The lowest BCUT2D eigenvalue weighted by Gasteiger charge is -2.35. The lowest BCUT2D eigenvalue weighted by atomic mass is 9.52. The molecule has 0 saturated heterocycles. The topological polar surface area (TPSA) is 0 Å². The van der Waals surface area contributed by atoms with Crippen molar-refractivity contribution >= 4 is 119 Å². The van der Waals surface area contributed by atoms with Gasteiger partial charge < -0.3 is 0 Å². The number of halogens is 1. The fraction of sp³-hybridized carbons (Fsp3) is 0.167. The molecule has 2 unspecified atom stereocenters. The van der Waals surface area contributed by atoms with Gasteiger partial charge in [0, 0.05) is 4.83 Å². The smallest absolute Gasteiger partial charge is 0.106 e. The predicted molar refractivity (Wildman–Crippen MR) is 132 cm³/mol. The zero-order valence-electron chi connectivity index (χ0n) is 15.5. The standard InChI is InChI=1S/C12H20B9Br/c13-3-1(4(14)8(18)9(19)7(3)17)2-5(15)10(20)12(22)11(21)6(2)16/h10,12H,13-21H2. The van der Waals surface area contributed by atoms with E-state index in [-0.39, 0.29) is 0 Å². The van der Waals surface area contributed by atoms with Gasteiger partial charge in [-0.25, -0.2) is 0 Å². The van der Waals surface area contributed by atoms with Crippen molar-refractivity contribution in [3.8, 4) is 0 Å². The molecule has 1 aromatic rings. The van der Waals surface area contributed by atoms with Crippen LogP contribution >= 0.6 is 15.9 Å². The Balaban J connectivity index is 2.88. The molecule has 1 aromatic carbocycles. The molecule has 0 fully saturated rings. The van der Waals surface area contributed by atoms with E-state index in [2.05, 4.69) is 86.5 Å². The molecule has 0 radical (unpaired) electrons. The summed E-state index contributed by atoms with van der Waals surface area (Å²) in [5.74, 6) is 0.541. The van der Waals surface area contributed by atoms with E-state index in [4.69, 9.17) is 0 Å². The normalized spacial score (nSPS) is 22.2. The van der Waals surface area contributed by atoms with Gasteiger partial charge in [0.1, 0.15) is 70.6 Å². The quantitative estimate of drug-likeness (QED) is 0.352. The van der Waals surface area contributed by atoms with Crippen molar-refractivity contribution < 1.29 is 0 Å². The van der Waals surface area contributed by atoms with Crippen LogP contribution in [0.15, 0.2) is 16.4 Å². The van der Waals surface area contributed by atoms with Gasteiger partial charge in [-0.15, -0.1) is 27.3 Å². The van der Waals surface area contributed by atoms with Crippen molar-refractivity contribution in [1.82, 2.24) is 0 Å². The lowest BCUT2D eigenvalue weighted by molar-refractivity contribution is 1.03. The third-order valence-electron chi connectivity index (χ3n) is 6.15. The average molecular weight is 342 g/mol. The second-order valence-corrected chi connectivity index (χ2v) is 8.04. The van der Waals surface area contributed by atoms with Crippen LogP contribution in [-0.2, 0) is 0 Å². The van der Waals surface area contributed by atoms with Crippen LogP contribution in [0.4, 0.5) is 0 Å². The minimum Gasteiger partial charge on any atom is -0.106 e. The molecule has 2 rings (SSSR count). The molecule has 2 atom stereocenters. The first-order chi connectivity index (χ1) is 10.1. The molecular formula is C12H20B9Br. The summed E-state index contributed by atoms with van der Waals surface area (Å²) in [4.78, 5) is 0.463. The van der Waals surface area contributed by atoms with Gasteiger partial charge in [-0.2, -0.15) is 0 Å². The van der Waals surface area contributed by atoms with E-state index in [1.165, 1.54) is 54.9 Å². The Morgan fingerprint density at radius 3 is 1.50 bits per heavy atom. The predicted octanol–water partition coefficient (Wildman–Crippen LogP) is -9.00. The summed E-state index contributed by atoms with van der Waals surface area (Å²) in [5.41, 5.74) is 14.6. The van der Waals surface area contributed by atoms with E-state index < -0.39 is 0 Å². The minimum atomic E-state index is 0.463. The summed E-state index contributed by atoms with van der Waals surface area (Å²) >= 11 is 3.89. The summed E-state index contributed by atoms with van der Waals surface area (Å²) in [6, 6.07) is 0. The van der Waals surface area contributed by atoms with E-state index >= 15 is 0 Å². The number of alkyl halides is 1. The van der Waals surface area contributed by atoms with Gasteiger partial charge in [0.2, 0.25) is 0 Å². The lowest BCUT2D eigenvalue weighted by Crippen LogP contribution is -2.56. The molecule has 10 heteroatoms. The Morgan fingerprint density at radius 2 is 1.05 bits per heavy atom. The Bertz CT molecular complexity index is 693. The maximum Gasteiger partial charge on any atom is 0.139 e. The highest BCUT2D eigenvalue weighted by molar-refractivity contribution is 9.09. The molecule has 22 heavy (non-hydrogen) atoms. The summed E-state index contributed by atoms with van der Waals surface area (Å²) in [6.07, 6.45) is 0. The van der Waals surface area contributed by atoms with Crippen LogP contribution < -0.4 is 27.3 Å². The van der Waals surface area contributed by atoms with Crippen molar-refractivity contribution in [2.45, 2.75) is 10.6 Å². The van der Waals surface area contributed by atoms with Gasteiger partial charge in [-0.05, 0) is 17.0 Å². The SMILES string of the molecule is BC1=C(B)C(Br)C(B)C(B)=C1c1c(B)c(B)c(B)c(B)c1B. The molecule has 0 nitrogen and oxygen atoms in total. The first-order valence-corrected chi connectivity index (χ1v) is 9.12. The number of hydrogen-bond donors (Lipinski definition) is 0. The first kappa shape index (κ1) is 18.1. The van der Waals surface area contributed by atoms with Crippen molar-refractivity contribution in [1.29, 1.82) is 0 Å². The number of hydrogen-bond acceptors (Lipinski definition) is 0. The zero-order valence-corrected chi connectivity index (χ0v) is 17.1. The van der Waals surface area contributed by atoms with Crippen molar-refractivity contribution in [3.05, 3.63) is 22.0 Å². The molecule has 0 saturated carbocycles. The Labute approximate surface area is 151 Å². The van der Waals surface area contributed by atoms with Gasteiger partial charge in [0.25, 0.3) is 0 Å². The van der Waals surface area contributed by atoms with Crippen LogP contribution in [-0.4, -0.2) is 75.4 Å². The first-order valence-electron chi connectivity index (χ1n) is 8.21. The Hall–Kier alpha value is -0.236. The van der Waals surface area contributed by atoms with Gasteiger partial charge in [0.05, 0.1) is 0 Å². The molecule has 0 spiro atoms. The van der Waals surface area contributed by atoms with E-state index in [0.29, 0.717) is 10.6 Å². The Morgan fingerprint density at radius 1 is 0.636 bits per heavy atom. The maximum absolute atomic E-state index is 3.89. The molecule has 1 aliphatic carbocycles. The van der Waals surface area contributed by atoms with Gasteiger partial charge in [0.15, 0.2) is 0 Å². The van der Waals surface area contributed by atoms with Crippen molar-refractivity contribution in [3.63, 3.8) is 0 Å². The second kappa shape index (κ2) is 6.34. The Kier molecular flexibility index (Phi) is 5.22. The molecule has 0 bridgehead atoms. The molecule has 0 aliphatic heterocycles. The van der Waals surface area contributed by atoms with Gasteiger partial charge in [-0.1, -0.05) is 32.3 Å². The minimum absolute atomic E-state index is 0.463. The van der Waals surface area contributed by atoms with E-state index in [1.54, 1.807) is 0 Å². The monoisotopic (exact) mass is 342 g/mol. The third kappa shape index (κ3) is 2.60. The third-order valence-corrected chi connectivity index (χ3v) is 7.63. The fourth-order valence-electron chi connectivity index (χ4n) is 3.78. The number of rotatable bonds is 1. The molecule has 102 valence electrons. The largest absolute Gasteiger partial charge is 0.139 e. The molecule has 0 amide bonds. The molecule has 0 N–H and O–H groups in total. The second-order valence-electron chi connectivity index (χ2n) is 7.06. The highest BCUT2D eigenvalue weighted by Gasteiger charge is 2.28.